The van der Waals surface area contributed by atoms with Crippen molar-refractivity contribution in [2.75, 3.05) is 0 Å². The molecule has 1 heterocycles. The van der Waals surface area contributed by atoms with Crippen LogP contribution in [0.5, 0.6) is 0 Å². The van der Waals surface area contributed by atoms with Gasteiger partial charge in [-0.3, -0.25) is 4.79 Å². The Morgan fingerprint density at radius 3 is 2.44 bits per heavy atom. The van der Waals surface area contributed by atoms with Crippen molar-refractivity contribution in [1.29, 1.82) is 5.26 Å². The Bertz CT molecular complexity index is 666. The topological polar surface area (TPSA) is 56.6 Å². The quantitative estimate of drug-likeness (QED) is 0.915. The summed E-state index contributed by atoms with van der Waals surface area (Å²) in [6.45, 7) is 0. The molecule has 0 fully saturated rings. The Kier molecular flexibility index (Phi) is 3.71. The van der Waals surface area contributed by atoms with Crippen molar-refractivity contribution in [2.24, 2.45) is 0 Å². The number of hydrogen-bond donors (Lipinski definition) is 1. The summed E-state index contributed by atoms with van der Waals surface area (Å²) in [7, 11) is 0. The van der Waals surface area contributed by atoms with Gasteiger partial charge in [-0.2, -0.15) is 5.26 Å². The van der Waals surface area contributed by atoms with E-state index in [-0.39, 0.29) is 12.0 Å². The fourth-order valence-electron chi connectivity index (χ4n) is 1.72. The van der Waals surface area contributed by atoms with Gasteiger partial charge in [-0.15, -0.1) is 0 Å². The van der Waals surface area contributed by atoms with E-state index in [9.17, 15) is 4.79 Å². The first-order chi connectivity index (χ1) is 8.60. The van der Waals surface area contributed by atoms with Crippen molar-refractivity contribution in [3.8, 4) is 17.2 Å². The monoisotopic (exact) mass is 278 g/mol. The van der Waals surface area contributed by atoms with E-state index in [4.69, 9.17) is 28.5 Å². The Morgan fingerprint density at radius 1 is 1.17 bits per heavy atom. The molecule has 3 nitrogen and oxygen atoms in total. The highest BCUT2D eigenvalue weighted by atomic mass is 35.5. The number of aromatic amines is 1. The van der Waals surface area contributed by atoms with E-state index in [1.165, 1.54) is 6.07 Å². The maximum atomic E-state index is 11.3. The van der Waals surface area contributed by atoms with E-state index in [0.29, 0.717) is 15.7 Å². The second-order valence-electron chi connectivity index (χ2n) is 3.71. The van der Waals surface area contributed by atoms with E-state index in [2.05, 4.69) is 4.98 Å². The lowest BCUT2D eigenvalue weighted by Gasteiger charge is -2.07. The summed E-state index contributed by atoms with van der Waals surface area (Å²) < 4.78 is 0. The number of nitriles is 1. The zero-order valence-electron chi connectivity index (χ0n) is 9.21. The van der Waals surface area contributed by atoms with Crippen LogP contribution in [0.4, 0.5) is 0 Å². The summed E-state index contributed by atoms with van der Waals surface area (Å²) in [4.78, 5) is 13.9. The second kappa shape index (κ2) is 5.26. The van der Waals surface area contributed by atoms with Gasteiger partial charge in [-0.1, -0.05) is 23.2 Å². The van der Waals surface area contributed by atoms with E-state index in [1.807, 2.05) is 6.07 Å². The fourth-order valence-corrected chi connectivity index (χ4v) is 2.24. The first-order valence-electron chi connectivity index (χ1n) is 5.16. The zero-order valence-corrected chi connectivity index (χ0v) is 10.7. The summed E-state index contributed by atoms with van der Waals surface area (Å²) in [5, 5.41) is 9.78. The van der Waals surface area contributed by atoms with Gasteiger partial charge < -0.3 is 4.98 Å². The van der Waals surface area contributed by atoms with Crippen LogP contribution in [0, 0.1) is 11.3 Å². The Balaban J connectivity index is 2.63. The van der Waals surface area contributed by atoms with E-state index >= 15 is 0 Å². The normalized spacial score (nSPS) is 10.1. The molecule has 0 atom stereocenters. The van der Waals surface area contributed by atoms with Crippen molar-refractivity contribution in [1.82, 2.24) is 4.98 Å². The highest BCUT2D eigenvalue weighted by Crippen LogP contribution is 2.28. The minimum absolute atomic E-state index is 0.121. The molecule has 1 N–H and O–H groups in total. The maximum absolute atomic E-state index is 11.3. The third kappa shape index (κ3) is 2.73. The molecule has 1 aromatic carbocycles. The van der Waals surface area contributed by atoms with Crippen LogP contribution in [0.1, 0.15) is 5.69 Å². The predicted octanol–water partition coefficient (Wildman–Crippen LogP) is 3.41. The lowest BCUT2D eigenvalue weighted by molar-refractivity contribution is 1.08. The van der Waals surface area contributed by atoms with Crippen molar-refractivity contribution in [3.05, 3.63) is 56.4 Å². The van der Waals surface area contributed by atoms with Gasteiger partial charge in [0.1, 0.15) is 0 Å². The number of H-pyrrole nitrogens is 1. The highest BCUT2D eigenvalue weighted by molar-refractivity contribution is 6.35. The van der Waals surface area contributed by atoms with Gasteiger partial charge in [0.15, 0.2) is 0 Å². The first-order valence-corrected chi connectivity index (χ1v) is 5.91. The highest BCUT2D eigenvalue weighted by Gasteiger charge is 2.07. The Morgan fingerprint density at radius 2 is 1.83 bits per heavy atom. The molecule has 90 valence electrons. The average molecular weight is 279 g/mol. The van der Waals surface area contributed by atoms with Gasteiger partial charge in [0.2, 0.25) is 5.56 Å². The van der Waals surface area contributed by atoms with Crippen molar-refractivity contribution in [3.63, 3.8) is 0 Å². The van der Waals surface area contributed by atoms with Crippen molar-refractivity contribution < 1.29 is 0 Å². The number of pyridine rings is 1. The van der Waals surface area contributed by atoms with Crippen LogP contribution in [0.3, 0.4) is 0 Å². The van der Waals surface area contributed by atoms with E-state index in [0.717, 1.165) is 11.1 Å². The first kappa shape index (κ1) is 12.7. The van der Waals surface area contributed by atoms with Gasteiger partial charge in [-0.05, 0) is 29.8 Å². The number of halogens is 2. The van der Waals surface area contributed by atoms with Crippen LogP contribution in [0.2, 0.25) is 10.0 Å². The molecule has 0 bridgehead atoms. The number of aromatic nitrogens is 1. The fraction of sp³-hybridized carbons (Fsp3) is 0.0769. The van der Waals surface area contributed by atoms with Gasteiger partial charge in [0.05, 0.1) is 12.5 Å². The number of nitrogens with zero attached hydrogens (tertiary/aromatic N) is 1. The summed E-state index contributed by atoms with van der Waals surface area (Å²) >= 11 is 11.9. The molecule has 0 saturated carbocycles. The summed E-state index contributed by atoms with van der Waals surface area (Å²) in [5.41, 5.74) is 1.84. The van der Waals surface area contributed by atoms with Crippen LogP contribution in [-0.4, -0.2) is 4.98 Å². The molecule has 0 aliphatic heterocycles. The van der Waals surface area contributed by atoms with Gasteiger partial charge >= 0.3 is 0 Å². The molecule has 0 amide bonds. The molecule has 5 heteroatoms. The number of rotatable bonds is 2. The molecule has 0 radical (unpaired) electrons. The lowest BCUT2D eigenvalue weighted by atomic mass is 10.0. The van der Waals surface area contributed by atoms with Crippen LogP contribution in [0.25, 0.3) is 11.1 Å². The lowest BCUT2D eigenvalue weighted by Crippen LogP contribution is -2.08. The standard InChI is InChI=1S/C13H8Cl2N2O/c14-9-5-8(6-10(15)7-9)11-1-2-13(18)17-12(11)3-4-16/h1-2,5-7H,3H2,(H,17,18). The number of hydrogen-bond acceptors (Lipinski definition) is 2. The molecular weight excluding hydrogens is 271 g/mol. The maximum Gasteiger partial charge on any atom is 0.248 e. The van der Waals surface area contributed by atoms with Gasteiger partial charge in [0, 0.05) is 27.4 Å². The summed E-state index contributed by atoms with van der Waals surface area (Å²) in [6, 6.07) is 10.2. The molecule has 0 saturated heterocycles. The largest absolute Gasteiger partial charge is 0.325 e. The zero-order chi connectivity index (χ0) is 13.1. The predicted molar refractivity (Wildman–Crippen MR) is 71.8 cm³/mol. The number of nitrogens with one attached hydrogen (secondary N) is 1. The average Bonchev–Trinajstić information content (AvgIpc) is 2.28. The van der Waals surface area contributed by atoms with Crippen LogP contribution in [0.15, 0.2) is 35.1 Å². The summed E-state index contributed by atoms with van der Waals surface area (Å²) in [6.07, 6.45) is 0.121. The molecule has 2 rings (SSSR count). The van der Waals surface area contributed by atoms with Crippen LogP contribution < -0.4 is 5.56 Å². The molecule has 0 unspecified atom stereocenters. The minimum Gasteiger partial charge on any atom is -0.325 e. The molecule has 18 heavy (non-hydrogen) atoms. The van der Waals surface area contributed by atoms with Gasteiger partial charge in [0.25, 0.3) is 0 Å². The van der Waals surface area contributed by atoms with E-state index in [1.54, 1.807) is 24.3 Å². The third-order valence-electron chi connectivity index (χ3n) is 2.43. The smallest absolute Gasteiger partial charge is 0.248 e. The molecule has 1 aromatic heterocycles. The molecule has 0 aliphatic carbocycles. The summed E-state index contributed by atoms with van der Waals surface area (Å²) in [5.74, 6) is 0. The molecule has 2 aromatic rings. The molecule has 0 spiro atoms. The van der Waals surface area contributed by atoms with Crippen molar-refractivity contribution >= 4 is 23.2 Å². The molecular formula is C13H8Cl2N2O. The Labute approximate surface area is 114 Å². The van der Waals surface area contributed by atoms with Crippen molar-refractivity contribution in [2.45, 2.75) is 6.42 Å². The van der Waals surface area contributed by atoms with Crippen LogP contribution >= 0.6 is 23.2 Å². The second-order valence-corrected chi connectivity index (χ2v) is 4.58. The van der Waals surface area contributed by atoms with E-state index < -0.39 is 0 Å². The molecule has 0 aliphatic rings. The third-order valence-corrected chi connectivity index (χ3v) is 2.87. The SMILES string of the molecule is N#CCc1[nH]c(=O)ccc1-c1cc(Cl)cc(Cl)c1. The number of benzene rings is 1. The minimum atomic E-state index is -0.239. The Hall–Kier alpha value is -1.76. The van der Waals surface area contributed by atoms with Crippen LogP contribution in [-0.2, 0) is 6.42 Å². The van der Waals surface area contributed by atoms with Gasteiger partial charge in [-0.25, -0.2) is 0 Å².